The highest BCUT2D eigenvalue weighted by Crippen LogP contribution is 2.31. The minimum atomic E-state index is -0.407. The van der Waals surface area contributed by atoms with Crippen LogP contribution in [-0.2, 0) is 4.74 Å². The summed E-state index contributed by atoms with van der Waals surface area (Å²) in [5.41, 5.74) is 2.64. The van der Waals surface area contributed by atoms with Gasteiger partial charge >= 0.3 is 5.97 Å². The molecule has 3 rings (SSSR count). The molecule has 0 bridgehead atoms. The van der Waals surface area contributed by atoms with Gasteiger partial charge in [0, 0.05) is 22.3 Å². The van der Waals surface area contributed by atoms with Crippen molar-refractivity contribution < 1.29 is 9.53 Å². The maximum absolute atomic E-state index is 12.2. The standard InChI is InChI=1S/C18H15ClN2O2/c1-2-23-18(22)15-11-20-16-10-12(19)8-9-14(16)17(15)21-13-6-4-3-5-7-13/h3-11H,2H2,1H3,(H,20,21). The summed E-state index contributed by atoms with van der Waals surface area (Å²) in [6.45, 7) is 2.08. The van der Waals surface area contributed by atoms with Crippen LogP contribution in [0.3, 0.4) is 0 Å². The van der Waals surface area contributed by atoms with E-state index < -0.39 is 5.97 Å². The molecule has 0 atom stereocenters. The highest BCUT2D eigenvalue weighted by atomic mass is 35.5. The van der Waals surface area contributed by atoms with Gasteiger partial charge in [0.1, 0.15) is 5.56 Å². The average Bonchev–Trinajstić information content (AvgIpc) is 2.56. The first-order valence-corrected chi connectivity index (χ1v) is 7.64. The monoisotopic (exact) mass is 326 g/mol. The number of nitrogens with zero attached hydrogens (tertiary/aromatic N) is 1. The van der Waals surface area contributed by atoms with Crippen LogP contribution in [0.1, 0.15) is 17.3 Å². The van der Waals surface area contributed by atoms with Gasteiger partial charge in [-0.15, -0.1) is 0 Å². The van der Waals surface area contributed by atoms with Crippen molar-refractivity contribution >= 4 is 39.8 Å². The van der Waals surface area contributed by atoms with Crippen molar-refractivity contribution in [2.75, 3.05) is 11.9 Å². The first-order chi connectivity index (χ1) is 11.2. The predicted octanol–water partition coefficient (Wildman–Crippen LogP) is 4.81. The SMILES string of the molecule is CCOC(=O)c1cnc2cc(Cl)ccc2c1Nc1ccccc1. The van der Waals surface area contributed by atoms with Gasteiger partial charge in [-0.05, 0) is 37.3 Å². The minimum Gasteiger partial charge on any atom is -0.462 e. The van der Waals surface area contributed by atoms with Gasteiger partial charge < -0.3 is 10.1 Å². The van der Waals surface area contributed by atoms with Crippen LogP contribution in [0.5, 0.6) is 0 Å². The molecule has 23 heavy (non-hydrogen) atoms. The van der Waals surface area contributed by atoms with Crippen molar-refractivity contribution in [1.82, 2.24) is 4.98 Å². The summed E-state index contributed by atoms with van der Waals surface area (Å²) in [6, 6.07) is 15.0. The third-order valence-electron chi connectivity index (χ3n) is 3.37. The lowest BCUT2D eigenvalue weighted by Gasteiger charge is -2.14. The van der Waals surface area contributed by atoms with Crippen LogP contribution in [0, 0.1) is 0 Å². The van der Waals surface area contributed by atoms with Gasteiger partial charge in [-0.1, -0.05) is 29.8 Å². The highest BCUT2D eigenvalue weighted by Gasteiger charge is 2.17. The normalized spacial score (nSPS) is 10.5. The smallest absolute Gasteiger partial charge is 0.341 e. The number of carbonyl (C=O) groups excluding carboxylic acids is 1. The first kappa shape index (κ1) is 15.3. The summed E-state index contributed by atoms with van der Waals surface area (Å²) in [6.07, 6.45) is 1.52. The van der Waals surface area contributed by atoms with Crippen LogP contribution in [0.25, 0.3) is 10.9 Å². The van der Waals surface area contributed by atoms with E-state index in [0.29, 0.717) is 28.4 Å². The van der Waals surface area contributed by atoms with E-state index in [1.54, 1.807) is 19.1 Å². The molecule has 4 nitrogen and oxygen atoms in total. The van der Waals surface area contributed by atoms with E-state index in [9.17, 15) is 4.79 Å². The van der Waals surface area contributed by atoms with Crippen molar-refractivity contribution in [2.45, 2.75) is 6.92 Å². The van der Waals surface area contributed by atoms with Crippen molar-refractivity contribution in [2.24, 2.45) is 0 Å². The molecule has 0 spiro atoms. The zero-order valence-corrected chi connectivity index (χ0v) is 13.3. The lowest BCUT2D eigenvalue weighted by atomic mass is 10.1. The van der Waals surface area contributed by atoms with Crippen molar-refractivity contribution in [3.05, 3.63) is 65.3 Å². The lowest BCUT2D eigenvalue weighted by Crippen LogP contribution is -2.09. The molecule has 0 aliphatic heterocycles. The number of nitrogens with one attached hydrogen (secondary N) is 1. The second-order valence-corrected chi connectivity index (χ2v) is 5.36. The molecule has 5 heteroatoms. The van der Waals surface area contributed by atoms with Gasteiger partial charge in [0.15, 0.2) is 0 Å². The van der Waals surface area contributed by atoms with E-state index in [4.69, 9.17) is 16.3 Å². The fourth-order valence-electron chi connectivity index (χ4n) is 2.33. The number of anilines is 2. The maximum atomic E-state index is 12.2. The van der Waals surface area contributed by atoms with Crippen molar-refractivity contribution in [1.29, 1.82) is 0 Å². The molecule has 1 aromatic heterocycles. The summed E-state index contributed by atoms with van der Waals surface area (Å²) in [4.78, 5) is 16.6. The number of pyridine rings is 1. The van der Waals surface area contributed by atoms with Crippen LogP contribution in [0.2, 0.25) is 5.02 Å². The highest BCUT2D eigenvalue weighted by molar-refractivity contribution is 6.31. The molecule has 2 aromatic carbocycles. The van der Waals surface area contributed by atoms with Gasteiger partial charge in [-0.3, -0.25) is 4.98 Å². The van der Waals surface area contributed by atoms with Gasteiger partial charge in [0.25, 0.3) is 0 Å². The van der Waals surface area contributed by atoms with Crippen LogP contribution >= 0.6 is 11.6 Å². The molecule has 0 amide bonds. The number of benzene rings is 2. The van der Waals surface area contributed by atoms with Gasteiger partial charge in [0.2, 0.25) is 0 Å². The Morgan fingerprint density at radius 1 is 1.22 bits per heavy atom. The molecule has 0 saturated heterocycles. The number of fused-ring (bicyclic) bond motifs is 1. The molecule has 1 heterocycles. The minimum absolute atomic E-state index is 0.308. The Kier molecular flexibility index (Phi) is 4.44. The van der Waals surface area contributed by atoms with Gasteiger partial charge in [-0.2, -0.15) is 0 Å². The van der Waals surface area contributed by atoms with E-state index in [1.807, 2.05) is 36.4 Å². The fourth-order valence-corrected chi connectivity index (χ4v) is 2.50. The zero-order chi connectivity index (χ0) is 16.2. The fraction of sp³-hybridized carbons (Fsp3) is 0.111. The third-order valence-corrected chi connectivity index (χ3v) is 3.60. The molecule has 0 radical (unpaired) electrons. The van der Waals surface area contributed by atoms with E-state index in [2.05, 4.69) is 10.3 Å². The van der Waals surface area contributed by atoms with E-state index in [1.165, 1.54) is 6.20 Å². The molecule has 0 aliphatic rings. The Bertz CT molecular complexity index is 850. The lowest BCUT2D eigenvalue weighted by molar-refractivity contribution is 0.0527. The zero-order valence-electron chi connectivity index (χ0n) is 12.5. The Labute approximate surface area is 139 Å². The second kappa shape index (κ2) is 6.67. The third kappa shape index (κ3) is 3.27. The molecule has 0 unspecified atom stereocenters. The summed E-state index contributed by atoms with van der Waals surface area (Å²) in [7, 11) is 0. The second-order valence-electron chi connectivity index (χ2n) is 4.92. The number of rotatable bonds is 4. The molecule has 0 saturated carbocycles. The van der Waals surface area contributed by atoms with E-state index in [-0.39, 0.29) is 0 Å². The van der Waals surface area contributed by atoms with Gasteiger partial charge in [0.05, 0.1) is 17.8 Å². The molecule has 116 valence electrons. The largest absolute Gasteiger partial charge is 0.462 e. The molecule has 0 aliphatic carbocycles. The van der Waals surface area contributed by atoms with Crippen molar-refractivity contribution in [3.63, 3.8) is 0 Å². The van der Waals surface area contributed by atoms with Gasteiger partial charge in [-0.25, -0.2) is 4.79 Å². The number of hydrogen-bond acceptors (Lipinski definition) is 4. The summed E-state index contributed by atoms with van der Waals surface area (Å²) in [5, 5.41) is 4.70. The van der Waals surface area contributed by atoms with Crippen LogP contribution in [0.15, 0.2) is 54.7 Å². The first-order valence-electron chi connectivity index (χ1n) is 7.26. The number of aromatic nitrogens is 1. The molecular formula is C18H15ClN2O2. The summed E-state index contributed by atoms with van der Waals surface area (Å²) in [5.74, 6) is -0.407. The summed E-state index contributed by atoms with van der Waals surface area (Å²) >= 11 is 6.03. The average molecular weight is 327 g/mol. The number of para-hydroxylation sites is 1. The number of hydrogen-bond donors (Lipinski definition) is 1. The van der Waals surface area contributed by atoms with Crippen molar-refractivity contribution in [3.8, 4) is 0 Å². The Morgan fingerprint density at radius 2 is 2.00 bits per heavy atom. The van der Waals surface area contributed by atoms with Crippen LogP contribution < -0.4 is 5.32 Å². The van der Waals surface area contributed by atoms with E-state index >= 15 is 0 Å². The van der Waals surface area contributed by atoms with Crippen LogP contribution in [-0.4, -0.2) is 17.6 Å². The number of esters is 1. The topological polar surface area (TPSA) is 51.2 Å². The number of carbonyl (C=O) groups is 1. The Hall–Kier alpha value is -2.59. The van der Waals surface area contributed by atoms with Crippen LogP contribution in [0.4, 0.5) is 11.4 Å². The molecule has 1 N–H and O–H groups in total. The molecular weight excluding hydrogens is 312 g/mol. The number of halogens is 1. The molecule has 3 aromatic rings. The quantitative estimate of drug-likeness (QED) is 0.699. The Balaban J connectivity index is 2.16. The molecule has 0 fully saturated rings. The van der Waals surface area contributed by atoms with E-state index in [0.717, 1.165) is 11.1 Å². The maximum Gasteiger partial charge on any atom is 0.341 e. The number of ether oxygens (including phenoxy) is 1. The Morgan fingerprint density at radius 3 is 2.74 bits per heavy atom. The summed E-state index contributed by atoms with van der Waals surface area (Å²) < 4.78 is 5.13. The predicted molar refractivity (Wildman–Crippen MR) is 92.4 cm³/mol.